The summed E-state index contributed by atoms with van der Waals surface area (Å²) in [7, 11) is 0. The van der Waals surface area contributed by atoms with Crippen LogP contribution in [0.1, 0.15) is 37.8 Å². The molecule has 1 aliphatic carbocycles. The molecule has 1 aromatic heterocycles. The van der Waals surface area contributed by atoms with Gasteiger partial charge in [0.1, 0.15) is 0 Å². The maximum Gasteiger partial charge on any atom is 0.0895 e. The highest BCUT2D eigenvalue weighted by atomic mass is 35.5. The molecule has 1 aromatic rings. The van der Waals surface area contributed by atoms with Crippen molar-refractivity contribution in [3.8, 4) is 0 Å². The van der Waals surface area contributed by atoms with Crippen LogP contribution in [0.25, 0.3) is 0 Å². The van der Waals surface area contributed by atoms with Crippen molar-refractivity contribution in [2.45, 2.75) is 44.2 Å². The van der Waals surface area contributed by atoms with Crippen LogP contribution >= 0.6 is 23.9 Å². The highest BCUT2D eigenvalue weighted by Gasteiger charge is 2.39. The van der Waals surface area contributed by atoms with Crippen LogP contribution in [0.3, 0.4) is 0 Å². The minimum absolute atomic E-state index is 0. The van der Waals surface area contributed by atoms with Gasteiger partial charge in [0.25, 0.3) is 0 Å². The third-order valence-corrected chi connectivity index (χ3v) is 4.78. The Hall–Kier alpha value is -0.230. The second kappa shape index (κ2) is 6.28. The maximum atomic E-state index is 4.19. The van der Waals surface area contributed by atoms with Crippen LogP contribution < -0.4 is 5.32 Å². The van der Waals surface area contributed by atoms with Gasteiger partial charge in [-0.3, -0.25) is 4.90 Å². The van der Waals surface area contributed by atoms with Gasteiger partial charge in [0.2, 0.25) is 0 Å². The summed E-state index contributed by atoms with van der Waals surface area (Å²) >= 11 is 1.46. The maximum absolute atomic E-state index is 4.19. The molecule has 102 valence electrons. The minimum atomic E-state index is 0. The van der Waals surface area contributed by atoms with Crippen LogP contribution in [0.15, 0.2) is 5.38 Å². The van der Waals surface area contributed by atoms with Crippen LogP contribution in [-0.2, 0) is 6.54 Å². The fourth-order valence-electron chi connectivity index (χ4n) is 3.28. The molecule has 0 aromatic carbocycles. The molecule has 1 saturated carbocycles. The van der Waals surface area contributed by atoms with E-state index in [1.54, 1.807) is 0 Å². The number of aromatic nitrogens is 2. The molecule has 1 spiro atoms. The SMILES string of the molecule is Cl.c1snnc1CN1CCNCC12CCCCC2. The molecule has 0 amide bonds. The molecule has 2 heterocycles. The van der Waals surface area contributed by atoms with E-state index in [9.17, 15) is 0 Å². The van der Waals surface area contributed by atoms with Crippen molar-refractivity contribution in [3.63, 3.8) is 0 Å². The predicted octanol–water partition coefficient (Wildman–Crippen LogP) is 2.07. The number of halogens is 1. The molecular formula is C12H21ClN4S. The molecule has 1 saturated heterocycles. The first-order chi connectivity index (χ1) is 8.39. The van der Waals surface area contributed by atoms with E-state index in [1.165, 1.54) is 43.6 Å². The Morgan fingerprint density at radius 2 is 2.17 bits per heavy atom. The van der Waals surface area contributed by atoms with E-state index >= 15 is 0 Å². The zero-order chi connectivity index (χ0) is 11.6. The molecule has 4 nitrogen and oxygen atoms in total. The van der Waals surface area contributed by atoms with E-state index in [-0.39, 0.29) is 12.4 Å². The first-order valence-electron chi connectivity index (χ1n) is 6.61. The van der Waals surface area contributed by atoms with Gasteiger partial charge >= 0.3 is 0 Å². The Bertz CT molecular complexity index is 343. The van der Waals surface area contributed by atoms with E-state index < -0.39 is 0 Å². The summed E-state index contributed by atoms with van der Waals surface area (Å²) in [5.41, 5.74) is 1.54. The highest BCUT2D eigenvalue weighted by molar-refractivity contribution is 7.03. The van der Waals surface area contributed by atoms with Gasteiger partial charge in [-0.05, 0) is 24.4 Å². The van der Waals surface area contributed by atoms with E-state index in [4.69, 9.17) is 0 Å². The van der Waals surface area contributed by atoms with Crippen molar-refractivity contribution >= 4 is 23.9 Å². The van der Waals surface area contributed by atoms with Crippen molar-refractivity contribution < 1.29 is 0 Å². The summed E-state index contributed by atoms with van der Waals surface area (Å²) in [6.07, 6.45) is 6.87. The first-order valence-corrected chi connectivity index (χ1v) is 7.44. The zero-order valence-corrected chi connectivity index (χ0v) is 12.2. The highest BCUT2D eigenvalue weighted by Crippen LogP contribution is 2.35. The Morgan fingerprint density at radius 1 is 1.33 bits per heavy atom. The second-order valence-corrected chi connectivity index (χ2v) is 5.89. The lowest BCUT2D eigenvalue weighted by Crippen LogP contribution is -2.61. The lowest BCUT2D eigenvalue weighted by Gasteiger charge is -2.49. The molecule has 0 atom stereocenters. The van der Waals surface area contributed by atoms with Gasteiger partial charge in [-0.25, -0.2) is 0 Å². The average molecular weight is 289 g/mol. The van der Waals surface area contributed by atoms with E-state index in [0.717, 1.165) is 31.9 Å². The second-order valence-electron chi connectivity index (χ2n) is 5.28. The molecule has 1 aliphatic heterocycles. The molecular weight excluding hydrogens is 268 g/mol. The minimum Gasteiger partial charge on any atom is -0.314 e. The molecule has 18 heavy (non-hydrogen) atoms. The molecule has 6 heteroatoms. The Morgan fingerprint density at radius 3 is 2.89 bits per heavy atom. The average Bonchev–Trinajstić information content (AvgIpc) is 2.86. The van der Waals surface area contributed by atoms with Gasteiger partial charge in [-0.15, -0.1) is 17.5 Å². The number of rotatable bonds is 2. The summed E-state index contributed by atoms with van der Waals surface area (Å²) < 4.78 is 3.97. The largest absolute Gasteiger partial charge is 0.314 e. The van der Waals surface area contributed by atoms with Crippen molar-refractivity contribution in [1.29, 1.82) is 0 Å². The summed E-state index contributed by atoms with van der Waals surface area (Å²) in [4.78, 5) is 2.65. The molecule has 0 unspecified atom stereocenters. The number of hydrogen-bond donors (Lipinski definition) is 1. The third-order valence-electron chi connectivity index (χ3n) is 4.23. The Balaban J connectivity index is 0.00000120. The number of hydrogen-bond acceptors (Lipinski definition) is 5. The predicted molar refractivity (Wildman–Crippen MR) is 76.3 cm³/mol. The van der Waals surface area contributed by atoms with Crippen molar-refractivity contribution in [2.24, 2.45) is 0 Å². The Labute approximate surface area is 119 Å². The van der Waals surface area contributed by atoms with E-state index in [2.05, 4.69) is 25.2 Å². The standard InChI is InChI=1S/C12H20N4S.ClH/c1-2-4-12(5-3-1)10-13-6-7-16(12)8-11-9-17-15-14-11;/h9,13H,1-8,10H2;1H. The number of nitrogens with zero attached hydrogens (tertiary/aromatic N) is 3. The Kier molecular flexibility index (Phi) is 4.95. The van der Waals surface area contributed by atoms with E-state index in [0.29, 0.717) is 5.54 Å². The van der Waals surface area contributed by atoms with Gasteiger partial charge in [0, 0.05) is 37.1 Å². The van der Waals surface area contributed by atoms with Crippen LogP contribution in [0.2, 0.25) is 0 Å². The summed E-state index contributed by atoms with van der Waals surface area (Å²) in [5, 5.41) is 9.86. The van der Waals surface area contributed by atoms with Gasteiger partial charge < -0.3 is 5.32 Å². The molecule has 2 fully saturated rings. The van der Waals surface area contributed by atoms with Crippen LogP contribution in [0.5, 0.6) is 0 Å². The van der Waals surface area contributed by atoms with Crippen LogP contribution in [0.4, 0.5) is 0 Å². The molecule has 1 N–H and O–H groups in total. The van der Waals surface area contributed by atoms with Crippen LogP contribution in [0, 0.1) is 0 Å². The summed E-state index contributed by atoms with van der Waals surface area (Å²) in [6.45, 7) is 4.40. The summed E-state index contributed by atoms with van der Waals surface area (Å²) in [5.74, 6) is 0. The van der Waals surface area contributed by atoms with Gasteiger partial charge in [-0.2, -0.15) is 0 Å². The molecule has 0 bridgehead atoms. The van der Waals surface area contributed by atoms with Gasteiger partial charge in [0.15, 0.2) is 0 Å². The quantitative estimate of drug-likeness (QED) is 0.904. The van der Waals surface area contributed by atoms with Gasteiger partial charge in [-0.1, -0.05) is 23.8 Å². The van der Waals surface area contributed by atoms with E-state index in [1.807, 2.05) is 0 Å². The number of piperazine rings is 1. The lowest BCUT2D eigenvalue weighted by atomic mass is 9.79. The summed E-state index contributed by atoms with van der Waals surface area (Å²) in [6, 6.07) is 0. The van der Waals surface area contributed by atoms with Crippen molar-refractivity contribution in [1.82, 2.24) is 19.8 Å². The fourth-order valence-corrected chi connectivity index (χ4v) is 3.72. The molecule has 2 aliphatic rings. The smallest absolute Gasteiger partial charge is 0.0895 e. The molecule has 3 rings (SSSR count). The fraction of sp³-hybridized carbons (Fsp3) is 0.833. The van der Waals surface area contributed by atoms with Crippen molar-refractivity contribution in [3.05, 3.63) is 11.1 Å². The third kappa shape index (κ3) is 2.85. The molecule has 0 radical (unpaired) electrons. The topological polar surface area (TPSA) is 41.1 Å². The number of nitrogens with one attached hydrogen (secondary N) is 1. The van der Waals surface area contributed by atoms with Gasteiger partial charge in [0.05, 0.1) is 5.69 Å². The normalized spacial score (nSPS) is 23.8. The monoisotopic (exact) mass is 288 g/mol. The first kappa shape index (κ1) is 14.2. The zero-order valence-electron chi connectivity index (χ0n) is 10.6. The lowest BCUT2D eigenvalue weighted by molar-refractivity contribution is 0.0199. The van der Waals surface area contributed by atoms with Crippen molar-refractivity contribution in [2.75, 3.05) is 19.6 Å². The van der Waals surface area contributed by atoms with Crippen LogP contribution in [-0.4, -0.2) is 39.7 Å².